The Kier molecular flexibility index (Phi) is 5.84. The van der Waals surface area contributed by atoms with E-state index in [1.54, 1.807) is 23.1 Å². The van der Waals surface area contributed by atoms with E-state index in [0.29, 0.717) is 31.7 Å². The number of benzene rings is 1. The summed E-state index contributed by atoms with van der Waals surface area (Å²) in [6.45, 7) is 2.26. The molecule has 1 aliphatic carbocycles. The van der Waals surface area contributed by atoms with Crippen LogP contribution in [0.5, 0.6) is 0 Å². The maximum absolute atomic E-state index is 13.6. The molecule has 2 amide bonds. The van der Waals surface area contributed by atoms with Gasteiger partial charge in [0.05, 0.1) is 0 Å². The lowest BCUT2D eigenvalue weighted by atomic mass is 9.88. The highest BCUT2D eigenvalue weighted by Crippen LogP contribution is 2.25. The smallest absolute Gasteiger partial charge is 0.246 e. The summed E-state index contributed by atoms with van der Waals surface area (Å²) in [5.41, 5.74) is 0.405. The third-order valence-electron chi connectivity index (χ3n) is 5.17. The van der Waals surface area contributed by atoms with Gasteiger partial charge >= 0.3 is 0 Å². The Morgan fingerprint density at radius 2 is 1.60 bits per heavy atom. The Bertz CT molecular complexity index is 645. The molecule has 2 fully saturated rings. The largest absolute Gasteiger partial charge is 0.339 e. The third-order valence-corrected chi connectivity index (χ3v) is 5.17. The first kappa shape index (κ1) is 17.6. The minimum atomic E-state index is -0.338. The molecule has 1 aliphatic heterocycles. The van der Waals surface area contributed by atoms with Crippen molar-refractivity contribution in [3.63, 3.8) is 0 Å². The van der Waals surface area contributed by atoms with E-state index in [0.717, 1.165) is 25.7 Å². The van der Waals surface area contributed by atoms with E-state index in [-0.39, 0.29) is 23.5 Å². The zero-order valence-corrected chi connectivity index (χ0v) is 14.5. The second-order valence-corrected chi connectivity index (χ2v) is 6.84. The summed E-state index contributed by atoms with van der Waals surface area (Å²) in [7, 11) is 0. The minimum absolute atomic E-state index is 0.131. The van der Waals surface area contributed by atoms with E-state index in [1.165, 1.54) is 24.6 Å². The van der Waals surface area contributed by atoms with Gasteiger partial charge in [-0.1, -0.05) is 37.5 Å². The van der Waals surface area contributed by atoms with Crippen LogP contribution in [0.2, 0.25) is 0 Å². The first-order chi connectivity index (χ1) is 12.1. The molecule has 1 aromatic carbocycles. The number of carbonyl (C=O) groups is 2. The van der Waals surface area contributed by atoms with Crippen LogP contribution in [0, 0.1) is 11.7 Å². The van der Waals surface area contributed by atoms with E-state index in [1.807, 2.05) is 4.90 Å². The van der Waals surface area contributed by atoms with E-state index < -0.39 is 0 Å². The van der Waals surface area contributed by atoms with E-state index in [4.69, 9.17) is 0 Å². The maximum atomic E-state index is 13.6. The molecule has 0 unspecified atom stereocenters. The fourth-order valence-electron chi connectivity index (χ4n) is 3.63. The van der Waals surface area contributed by atoms with Gasteiger partial charge in [0.2, 0.25) is 11.8 Å². The first-order valence-electron chi connectivity index (χ1n) is 9.15. The number of piperazine rings is 1. The van der Waals surface area contributed by atoms with Crippen molar-refractivity contribution >= 4 is 17.9 Å². The molecular weight excluding hydrogens is 319 g/mol. The van der Waals surface area contributed by atoms with Crippen LogP contribution < -0.4 is 0 Å². The minimum Gasteiger partial charge on any atom is -0.339 e. The zero-order valence-electron chi connectivity index (χ0n) is 14.5. The van der Waals surface area contributed by atoms with Gasteiger partial charge in [-0.3, -0.25) is 9.59 Å². The second-order valence-electron chi connectivity index (χ2n) is 6.84. The van der Waals surface area contributed by atoms with Gasteiger partial charge in [0.15, 0.2) is 0 Å². The van der Waals surface area contributed by atoms with Gasteiger partial charge < -0.3 is 9.80 Å². The average molecular weight is 344 g/mol. The SMILES string of the molecule is O=C(/C=C/c1ccccc1F)N1CCN(C(=O)C2CCCCC2)CC1. The van der Waals surface area contributed by atoms with Crippen LogP contribution in [0.25, 0.3) is 6.08 Å². The lowest BCUT2D eigenvalue weighted by molar-refractivity contribution is -0.141. The number of nitrogens with zero attached hydrogens (tertiary/aromatic N) is 2. The molecule has 3 rings (SSSR count). The van der Waals surface area contributed by atoms with Gasteiger partial charge in [-0.25, -0.2) is 4.39 Å². The molecule has 0 spiro atoms. The van der Waals surface area contributed by atoms with Gasteiger partial charge in [0, 0.05) is 43.7 Å². The summed E-state index contributed by atoms with van der Waals surface area (Å²) >= 11 is 0. The fourth-order valence-corrected chi connectivity index (χ4v) is 3.63. The number of amides is 2. The third kappa shape index (κ3) is 4.47. The number of hydrogen-bond acceptors (Lipinski definition) is 2. The molecule has 0 radical (unpaired) electrons. The highest BCUT2D eigenvalue weighted by molar-refractivity contribution is 5.92. The number of hydrogen-bond donors (Lipinski definition) is 0. The molecule has 4 nitrogen and oxygen atoms in total. The van der Waals surface area contributed by atoms with E-state index in [2.05, 4.69) is 0 Å². The number of halogens is 1. The molecule has 1 heterocycles. The Hall–Kier alpha value is -2.17. The molecule has 1 saturated heterocycles. The van der Waals surface area contributed by atoms with Crippen LogP contribution in [-0.2, 0) is 9.59 Å². The number of rotatable bonds is 3. The molecule has 0 aromatic heterocycles. The van der Waals surface area contributed by atoms with Gasteiger partial charge in [0.25, 0.3) is 0 Å². The van der Waals surface area contributed by atoms with Crippen molar-refractivity contribution in [3.05, 3.63) is 41.7 Å². The Labute approximate surface area is 148 Å². The van der Waals surface area contributed by atoms with Gasteiger partial charge in [-0.15, -0.1) is 0 Å². The van der Waals surface area contributed by atoms with Gasteiger partial charge in [-0.05, 0) is 25.0 Å². The standard InChI is InChI=1S/C20H25FN2O2/c21-18-9-5-4-6-16(18)10-11-19(24)22-12-14-23(15-13-22)20(25)17-7-2-1-3-8-17/h4-6,9-11,17H,1-3,7-8,12-15H2/b11-10+. The maximum Gasteiger partial charge on any atom is 0.246 e. The van der Waals surface area contributed by atoms with Crippen LogP contribution in [0.4, 0.5) is 4.39 Å². The van der Waals surface area contributed by atoms with E-state index >= 15 is 0 Å². The quantitative estimate of drug-likeness (QED) is 0.791. The monoisotopic (exact) mass is 344 g/mol. The zero-order chi connectivity index (χ0) is 17.6. The first-order valence-corrected chi connectivity index (χ1v) is 9.15. The lowest BCUT2D eigenvalue weighted by Gasteiger charge is -2.36. The highest BCUT2D eigenvalue weighted by Gasteiger charge is 2.29. The molecule has 2 aliphatic rings. The molecule has 1 aromatic rings. The fraction of sp³-hybridized carbons (Fsp3) is 0.500. The van der Waals surface area contributed by atoms with Crippen LogP contribution in [0.1, 0.15) is 37.7 Å². The predicted molar refractivity (Wildman–Crippen MR) is 95.2 cm³/mol. The summed E-state index contributed by atoms with van der Waals surface area (Å²) in [6.07, 6.45) is 8.47. The predicted octanol–water partition coefficient (Wildman–Crippen LogP) is 3.09. The Balaban J connectivity index is 1.50. The number of carbonyl (C=O) groups excluding carboxylic acids is 2. The molecule has 0 N–H and O–H groups in total. The van der Waals surface area contributed by atoms with Gasteiger partial charge in [-0.2, -0.15) is 0 Å². The summed E-state index contributed by atoms with van der Waals surface area (Å²) in [6, 6.07) is 6.37. The normalized spacial score (nSPS) is 19.4. The molecule has 1 saturated carbocycles. The highest BCUT2D eigenvalue weighted by atomic mass is 19.1. The Morgan fingerprint density at radius 1 is 0.960 bits per heavy atom. The average Bonchev–Trinajstić information content (AvgIpc) is 2.67. The molecule has 0 bridgehead atoms. The van der Waals surface area contributed by atoms with Crippen molar-refractivity contribution in [2.24, 2.45) is 5.92 Å². The van der Waals surface area contributed by atoms with Crippen molar-refractivity contribution in [3.8, 4) is 0 Å². The van der Waals surface area contributed by atoms with E-state index in [9.17, 15) is 14.0 Å². The molecule has 25 heavy (non-hydrogen) atoms. The Morgan fingerprint density at radius 3 is 2.28 bits per heavy atom. The van der Waals surface area contributed by atoms with Crippen LogP contribution in [0.15, 0.2) is 30.3 Å². The van der Waals surface area contributed by atoms with Crippen molar-refractivity contribution < 1.29 is 14.0 Å². The molecule has 5 heteroatoms. The summed E-state index contributed by atoms with van der Waals surface area (Å²) in [5, 5.41) is 0. The van der Waals surface area contributed by atoms with Crippen LogP contribution >= 0.6 is 0 Å². The summed E-state index contributed by atoms with van der Waals surface area (Å²) < 4.78 is 13.6. The van der Waals surface area contributed by atoms with Gasteiger partial charge in [0.1, 0.15) is 5.82 Å². The summed E-state index contributed by atoms with van der Waals surface area (Å²) in [4.78, 5) is 28.4. The van der Waals surface area contributed by atoms with Crippen molar-refractivity contribution in [2.45, 2.75) is 32.1 Å². The topological polar surface area (TPSA) is 40.6 Å². The van der Waals surface area contributed by atoms with Crippen molar-refractivity contribution in [1.82, 2.24) is 9.80 Å². The van der Waals surface area contributed by atoms with Crippen LogP contribution in [-0.4, -0.2) is 47.8 Å². The van der Waals surface area contributed by atoms with Crippen molar-refractivity contribution in [2.75, 3.05) is 26.2 Å². The second kappa shape index (κ2) is 8.28. The van der Waals surface area contributed by atoms with Crippen LogP contribution in [0.3, 0.4) is 0 Å². The summed E-state index contributed by atoms with van der Waals surface area (Å²) in [5.74, 6) is -0.0342. The molecule has 134 valence electrons. The lowest BCUT2D eigenvalue weighted by Crippen LogP contribution is -2.51. The molecule has 0 atom stereocenters. The van der Waals surface area contributed by atoms with Crippen molar-refractivity contribution in [1.29, 1.82) is 0 Å². The molecular formula is C20H25FN2O2.